The number of hydrogen-bond acceptors (Lipinski definition) is 4. The first-order valence-electron chi connectivity index (χ1n) is 16.3. The molecule has 4 nitrogen and oxygen atoms in total. The molecule has 2 aromatic carbocycles. The van der Waals surface area contributed by atoms with E-state index in [0.29, 0.717) is 0 Å². The van der Waals surface area contributed by atoms with Gasteiger partial charge in [0.25, 0.3) is 0 Å². The number of nitrogens with one attached hydrogen (secondary N) is 1. The van der Waals surface area contributed by atoms with E-state index in [0.717, 1.165) is 25.4 Å². The highest BCUT2D eigenvalue weighted by molar-refractivity contribution is 8.76. The number of anilines is 2. The Morgan fingerprint density at radius 1 is 0.636 bits per heavy atom. The summed E-state index contributed by atoms with van der Waals surface area (Å²) < 4.78 is 2.29. The zero-order valence-electron chi connectivity index (χ0n) is 25.8. The second-order valence-electron chi connectivity index (χ2n) is 11.9. The Kier molecular flexibility index (Phi) is 11.4. The lowest BCUT2D eigenvalue weighted by atomic mass is 10.1. The molecule has 3 aliphatic rings. The van der Waals surface area contributed by atoms with Crippen LogP contribution in [-0.4, -0.2) is 50.8 Å². The van der Waals surface area contributed by atoms with Crippen LogP contribution < -0.4 is 19.3 Å². The van der Waals surface area contributed by atoms with Gasteiger partial charge in [-0.25, -0.2) is 4.57 Å². The van der Waals surface area contributed by atoms with Crippen molar-refractivity contribution in [2.45, 2.75) is 32.2 Å². The van der Waals surface area contributed by atoms with E-state index in [9.17, 15) is 0 Å². The van der Waals surface area contributed by atoms with Gasteiger partial charge >= 0.3 is 0 Å². The molecule has 1 unspecified atom stereocenters. The summed E-state index contributed by atoms with van der Waals surface area (Å²) in [6, 6.07) is 22.4. The fourth-order valence-electron chi connectivity index (χ4n) is 6.00. The number of aromatic nitrogens is 1. The summed E-state index contributed by atoms with van der Waals surface area (Å²) in [6.07, 6.45) is 25.5. The Morgan fingerprint density at radius 2 is 1.16 bits per heavy atom. The molecule has 0 spiro atoms. The number of pyridine rings is 1. The van der Waals surface area contributed by atoms with Crippen molar-refractivity contribution in [2.75, 3.05) is 60.6 Å². The van der Waals surface area contributed by atoms with Gasteiger partial charge in [0.15, 0.2) is 18.9 Å². The van der Waals surface area contributed by atoms with Gasteiger partial charge in [-0.15, -0.1) is 0 Å². The van der Waals surface area contributed by atoms with Crippen molar-refractivity contribution >= 4 is 51.2 Å². The molecule has 1 aromatic heterocycles. The fourth-order valence-corrected chi connectivity index (χ4v) is 8.05. The monoisotopic (exact) mass is 622 g/mol. The largest absolute Gasteiger partial charge is 0.372 e. The van der Waals surface area contributed by atoms with Crippen LogP contribution in [0.3, 0.4) is 0 Å². The van der Waals surface area contributed by atoms with Crippen molar-refractivity contribution in [3.05, 3.63) is 120 Å². The van der Waals surface area contributed by atoms with Crippen molar-refractivity contribution in [2.24, 2.45) is 0 Å². The summed E-state index contributed by atoms with van der Waals surface area (Å²) in [5.74, 6) is 2.28. The predicted molar refractivity (Wildman–Crippen MR) is 193 cm³/mol. The number of nitrogens with zero attached hydrogens (tertiary/aromatic N) is 3. The Bertz CT molecular complexity index is 1430. The average molecular weight is 623 g/mol. The molecule has 0 bridgehead atoms. The topological polar surface area (TPSA) is 14.8 Å². The summed E-state index contributed by atoms with van der Waals surface area (Å²) in [7, 11) is 3.98. The highest BCUT2D eigenvalue weighted by atomic mass is 33.1. The molecule has 4 heterocycles. The number of aryl methyl sites for hydroxylation is 1. The molecule has 0 saturated carbocycles. The molecule has 0 radical (unpaired) electrons. The maximum absolute atomic E-state index is 2.49. The Labute approximate surface area is 272 Å². The van der Waals surface area contributed by atoms with Crippen LogP contribution in [-0.2, 0) is 6.54 Å². The molecule has 6 rings (SSSR count). The molecule has 0 amide bonds. The summed E-state index contributed by atoms with van der Waals surface area (Å²) in [5, 5.41) is 0. The SMILES string of the molecule is C1=C[NH+](CCSSCC[n+]2ccc(/C=C/c3ccc(N4CCCC4)cc3)cc2)CC=C1/C=C/c1ccc(N2CCCC2)cc1. The van der Waals surface area contributed by atoms with Crippen LogP contribution in [0, 0.1) is 0 Å². The average Bonchev–Trinajstić information content (AvgIpc) is 3.82. The lowest BCUT2D eigenvalue weighted by Gasteiger charge is -2.17. The normalized spacial score (nSPS) is 18.6. The van der Waals surface area contributed by atoms with Gasteiger partial charge in [0.1, 0.15) is 6.54 Å². The summed E-state index contributed by atoms with van der Waals surface area (Å²) in [5.41, 5.74) is 7.78. The van der Waals surface area contributed by atoms with Gasteiger partial charge in [0.2, 0.25) is 0 Å². The van der Waals surface area contributed by atoms with Crippen molar-refractivity contribution in [3.8, 4) is 0 Å². The molecule has 228 valence electrons. The van der Waals surface area contributed by atoms with E-state index in [4.69, 9.17) is 0 Å². The Morgan fingerprint density at radius 3 is 1.70 bits per heavy atom. The second-order valence-corrected chi connectivity index (χ2v) is 14.6. The minimum absolute atomic E-state index is 1.04. The van der Waals surface area contributed by atoms with E-state index in [1.807, 2.05) is 21.6 Å². The van der Waals surface area contributed by atoms with Crippen LogP contribution in [0.1, 0.15) is 42.4 Å². The highest BCUT2D eigenvalue weighted by Crippen LogP contribution is 2.23. The maximum Gasteiger partial charge on any atom is 0.169 e. The van der Waals surface area contributed by atoms with Crippen molar-refractivity contribution in [3.63, 3.8) is 0 Å². The highest BCUT2D eigenvalue weighted by Gasteiger charge is 2.13. The summed E-state index contributed by atoms with van der Waals surface area (Å²) in [6.45, 7) is 8.05. The number of allylic oxidation sites excluding steroid dienone is 3. The standard InChI is InChI=1S/C38H45N4S2/c1-2-22-41(21-1)37-13-9-33(10-14-37)5-7-35-17-25-39(26-18-35)29-31-43-44-32-30-40-27-19-36(20-28-40)8-6-34-11-15-38(16-12-34)42-23-3-4-24-42/h5-20,25-27H,1-4,21-24,28-32H2/q+1/p+1/b8-6+. The van der Waals surface area contributed by atoms with Crippen molar-refractivity contribution < 1.29 is 9.47 Å². The van der Waals surface area contributed by atoms with E-state index in [1.165, 1.54) is 96.2 Å². The molecular weight excluding hydrogens is 577 g/mol. The van der Waals surface area contributed by atoms with Crippen LogP contribution in [0.15, 0.2) is 103 Å². The third-order valence-electron chi connectivity index (χ3n) is 8.72. The van der Waals surface area contributed by atoms with Gasteiger partial charge in [0, 0.05) is 49.7 Å². The lowest BCUT2D eigenvalue weighted by Crippen LogP contribution is -3.08. The van der Waals surface area contributed by atoms with E-state index < -0.39 is 0 Å². The summed E-state index contributed by atoms with van der Waals surface area (Å²) >= 11 is 0. The Hall–Kier alpha value is -3.19. The van der Waals surface area contributed by atoms with Crippen LogP contribution in [0.5, 0.6) is 0 Å². The van der Waals surface area contributed by atoms with Gasteiger partial charge in [0.05, 0.1) is 24.3 Å². The van der Waals surface area contributed by atoms with Crippen LogP contribution in [0.4, 0.5) is 11.4 Å². The van der Waals surface area contributed by atoms with Crippen LogP contribution in [0.25, 0.3) is 18.2 Å². The van der Waals surface area contributed by atoms with E-state index in [2.05, 4.69) is 130 Å². The van der Waals surface area contributed by atoms with Gasteiger partial charge in [-0.1, -0.05) is 70.2 Å². The smallest absolute Gasteiger partial charge is 0.169 e. The molecular formula is C38H46N4S2+2. The molecule has 2 fully saturated rings. The first kappa shape index (κ1) is 30.8. The van der Waals surface area contributed by atoms with Gasteiger partial charge < -0.3 is 14.7 Å². The molecule has 1 atom stereocenters. The molecule has 3 aliphatic heterocycles. The fraction of sp³-hybridized carbons (Fsp3) is 0.342. The first-order chi connectivity index (χ1) is 21.8. The van der Waals surface area contributed by atoms with Gasteiger partial charge in [-0.2, -0.15) is 0 Å². The third kappa shape index (κ3) is 9.16. The first-order valence-corrected chi connectivity index (χ1v) is 18.8. The van der Waals surface area contributed by atoms with Crippen LogP contribution >= 0.6 is 21.6 Å². The lowest BCUT2D eigenvalue weighted by molar-refractivity contribution is -0.838. The third-order valence-corrected chi connectivity index (χ3v) is 11.1. The molecule has 1 N–H and O–H groups in total. The quantitative estimate of drug-likeness (QED) is 0.128. The van der Waals surface area contributed by atoms with Gasteiger partial charge in [-0.3, -0.25) is 0 Å². The minimum Gasteiger partial charge on any atom is -0.372 e. The van der Waals surface area contributed by atoms with E-state index in [1.54, 1.807) is 0 Å². The van der Waals surface area contributed by atoms with Gasteiger partial charge in [-0.05, 0) is 84.4 Å². The molecule has 2 saturated heterocycles. The zero-order chi connectivity index (χ0) is 29.8. The van der Waals surface area contributed by atoms with E-state index >= 15 is 0 Å². The predicted octanol–water partition coefficient (Wildman–Crippen LogP) is 6.78. The number of benzene rings is 2. The minimum atomic E-state index is 1.04. The second kappa shape index (κ2) is 16.2. The van der Waals surface area contributed by atoms with Crippen molar-refractivity contribution in [1.29, 1.82) is 0 Å². The van der Waals surface area contributed by atoms with Crippen LogP contribution in [0.2, 0.25) is 0 Å². The maximum atomic E-state index is 2.49. The molecule has 44 heavy (non-hydrogen) atoms. The number of rotatable bonds is 13. The molecule has 6 heteroatoms. The van der Waals surface area contributed by atoms with Crippen molar-refractivity contribution in [1.82, 2.24) is 0 Å². The number of hydrogen-bond donors (Lipinski definition) is 1. The van der Waals surface area contributed by atoms with E-state index in [-0.39, 0.29) is 0 Å². The molecule has 0 aliphatic carbocycles. The molecule has 3 aromatic rings. The Balaban J connectivity index is 0.837. The zero-order valence-corrected chi connectivity index (χ0v) is 27.5. The number of quaternary nitrogens is 1. The summed E-state index contributed by atoms with van der Waals surface area (Å²) in [4.78, 5) is 6.50.